The summed E-state index contributed by atoms with van der Waals surface area (Å²) in [5.74, 6) is -2.55. The van der Waals surface area contributed by atoms with Crippen molar-refractivity contribution < 1.29 is 8.78 Å². The Hall–Kier alpha value is -0.800. The van der Waals surface area contributed by atoms with Crippen LogP contribution in [0, 0.1) is 0 Å². The highest BCUT2D eigenvalue weighted by Crippen LogP contribution is 2.18. The third-order valence-corrected chi connectivity index (χ3v) is 1.77. The van der Waals surface area contributed by atoms with Crippen molar-refractivity contribution in [2.45, 2.75) is 19.3 Å². The number of halogens is 2. The van der Waals surface area contributed by atoms with Gasteiger partial charge in [-0.1, -0.05) is 0 Å². The van der Waals surface area contributed by atoms with Gasteiger partial charge in [-0.3, -0.25) is 0 Å². The van der Waals surface area contributed by atoms with Gasteiger partial charge in [-0.15, -0.1) is 0 Å². The van der Waals surface area contributed by atoms with E-state index in [0.29, 0.717) is 6.54 Å². The molecule has 0 saturated carbocycles. The van der Waals surface area contributed by atoms with Gasteiger partial charge in [0.1, 0.15) is 0 Å². The molecule has 70 valence electrons. The van der Waals surface area contributed by atoms with Crippen molar-refractivity contribution in [3.63, 3.8) is 0 Å². The molecule has 2 nitrogen and oxygen atoms in total. The molecule has 1 heterocycles. The largest absolute Gasteiger partial charge is 0.362 e. The molecule has 1 aliphatic heterocycles. The highest BCUT2D eigenvalue weighted by atomic mass is 19.3. The van der Waals surface area contributed by atoms with Crippen LogP contribution in [-0.4, -0.2) is 36.0 Å². The van der Waals surface area contributed by atoms with E-state index in [1.165, 1.54) is 0 Å². The summed E-state index contributed by atoms with van der Waals surface area (Å²) in [5, 5.41) is 0. The predicted molar refractivity (Wildman–Crippen MR) is 43.7 cm³/mol. The summed E-state index contributed by atoms with van der Waals surface area (Å²) >= 11 is 0. The summed E-state index contributed by atoms with van der Waals surface area (Å²) < 4.78 is 24.8. The quantitative estimate of drug-likeness (QED) is 0.646. The van der Waals surface area contributed by atoms with Gasteiger partial charge in [0, 0.05) is 32.4 Å². The van der Waals surface area contributed by atoms with Gasteiger partial charge < -0.3 is 9.80 Å². The van der Waals surface area contributed by atoms with Crippen molar-refractivity contribution in [3.05, 3.63) is 12.4 Å². The molecule has 0 aromatic rings. The van der Waals surface area contributed by atoms with Crippen LogP contribution in [0.3, 0.4) is 0 Å². The van der Waals surface area contributed by atoms with Crippen LogP contribution in [0.1, 0.15) is 13.3 Å². The maximum absolute atomic E-state index is 12.4. The van der Waals surface area contributed by atoms with Gasteiger partial charge in [-0.25, -0.2) is 8.78 Å². The van der Waals surface area contributed by atoms with E-state index in [2.05, 4.69) is 0 Å². The third kappa shape index (κ3) is 3.07. The Bertz CT molecular complexity index is 174. The molecule has 4 heteroatoms. The molecule has 0 saturated heterocycles. The lowest BCUT2D eigenvalue weighted by Crippen LogP contribution is -2.26. The maximum atomic E-state index is 12.4. The fourth-order valence-electron chi connectivity index (χ4n) is 1.07. The molecular weight excluding hydrogens is 162 g/mol. The van der Waals surface area contributed by atoms with E-state index >= 15 is 0 Å². The molecule has 0 radical (unpaired) electrons. The minimum absolute atomic E-state index is 0.0782. The highest BCUT2D eigenvalue weighted by Gasteiger charge is 2.22. The first-order valence-corrected chi connectivity index (χ1v) is 3.98. The molecule has 0 bridgehead atoms. The predicted octanol–water partition coefficient (Wildman–Crippen LogP) is 1.71. The summed E-state index contributed by atoms with van der Waals surface area (Å²) in [7, 11) is 1.92. The second-order valence-electron chi connectivity index (χ2n) is 3.33. The van der Waals surface area contributed by atoms with Crippen LogP contribution in [0.5, 0.6) is 0 Å². The Labute approximate surface area is 71.4 Å². The van der Waals surface area contributed by atoms with Gasteiger partial charge in [0.05, 0.1) is 6.67 Å². The maximum Gasteiger partial charge on any atom is 0.247 e. The highest BCUT2D eigenvalue weighted by molar-refractivity contribution is 4.88. The summed E-state index contributed by atoms with van der Waals surface area (Å²) in [6, 6.07) is 0. The fraction of sp³-hybridized carbons (Fsp3) is 0.750. The molecule has 0 unspecified atom stereocenters. The van der Waals surface area contributed by atoms with E-state index in [-0.39, 0.29) is 6.42 Å². The summed E-state index contributed by atoms with van der Waals surface area (Å²) in [4.78, 5) is 3.82. The van der Waals surface area contributed by atoms with Gasteiger partial charge in [0.2, 0.25) is 5.92 Å². The molecule has 0 fully saturated rings. The zero-order valence-electron chi connectivity index (χ0n) is 7.43. The molecule has 0 aromatic carbocycles. The van der Waals surface area contributed by atoms with E-state index in [4.69, 9.17) is 0 Å². The lowest BCUT2D eigenvalue weighted by Gasteiger charge is -2.19. The zero-order valence-corrected chi connectivity index (χ0v) is 7.43. The Morgan fingerprint density at radius 1 is 1.42 bits per heavy atom. The average molecular weight is 176 g/mol. The van der Waals surface area contributed by atoms with Crippen LogP contribution >= 0.6 is 0 Å². The topological polar surface area (TPSA) is 6.48 Å². The summed E-state index contributed by atoms with van der Waals surface area (Å²) in [6.07, 6.45) is 3.64. The SMILES string of the molecule is CN1C=CN(CCC(C)(F)F)C1. The van der Waals surface area contributed by atoms with Gasteiger partial charge in [0.15, 0.2) is 0 Å². The second kappa shape index (κ2) is 3.29. The first-order chi connectivity index (χ1) is 5.47. The standard InChI is InChI=1S/C8H14F2N2/c1-8(9,10)3-4-12-6-5-11(2)7-12/h5-6H,3-4,7H2,1-2H3. The van der Waals surface area contributed by atoms with Crippen molar-refractivity contribution in [3.8, 4) is 0 Å². The van der Waals surface area contributed by atoms with Crippen molar-refractivity contribution in [2.75, 3.05) is 20.3 Å². The molecule has 0 aliphatic carbocycles. The average Bonchev–Trinajstić information content (AvgIpc) is 2.30. The van der Waals surface area contributed by atoms with Crippen LogP contribution in [-0.2, 0) is 0 Å². The van der Waals surface area contributed by atoms with E-state index in [0.717, 1.165) is 13.6 Å². The smallest absolute Gasteiger partial charge is 0.247 e. The van der Waals surface area contributed by atoms with Crippen LogP contribution in [0.4, 0.5) is 8.78 Å². The lowest BCUT2D eigenvalue weighted by molar-refractivity contribution is 0.00596. The monoisotopic (exact) mass is 176 g/mol. The molecule has 0 atom stereocenters. The lowest BCUT2D eigenvalue weighted by atomic mass is 10.2. The molecule has 0 N–H and O–H groups in total. The van der Waals surface area contributed by atoms with Crippen LogP contribution in [0.15, 0.2) is 12.4 Å². The molecule has 0 amide bonds. The Morgan fingerprint density at radius 2 is 2.08 bits per heavy atom. The molecule has 1 rings (SSSR count). The minimum Gasteiger partial charge on any atom is -0.362 e. The minimum atomic E-state index is -2.55. The summed E-state index contributed by atoms with van der Waals surface area (Å²) in [6.45, 7) is 2.09. The number of rotatable bonds is 3. The number of nitrogens with zero attached hydrogens (tertiary/aromatic N) is 2. The van der Waals surface area contributed by atoms with E-state index < -0.39 is 5.92 Å². The normalized spacial score (nSPS) is 17.7. The Morgan fingerprint density at radius 3 is 2.50 bits per heavy atom. The molecule has 0 aromatic heterocycles. The van der Waals surface area contributed by atoms with E-state index in [1.807, 2.05) is 29.2 Å². The van der Waals surface area contributed by atoms with Gasteiger partial charge in [0.25, 0.3) is 0 Å². The van der Waals surface area contributed by atoms with E-state index in [9.17, 15) is 8.78 Å². The molecule has 0 spiro atoms. The number of hydrogen-bond acceptors (Lipinski definition) is 2. The molecular formula is C8H14F2N2. The van der Waals surface area contributed by atoms with E-state index in [1.54, 1.807) is 0 Å². The molecule has 1 aliphatic rings. The van der Waals surface area contributed by atoms with Crippen LogP contribution in [0.2, 0.25) is 0 Å². The van der Waals surface area contributed by atoms with Crippen molar-refractivity contribution in [1.29, 1.82) is 0 Å². The van der Waals surface area contributed by atoms with Crippen molar-refractivity contribution in [1.82, 2.24) is 9.80 Å². The van der Waals surface area contributed by atoms with Crippen molar-refractivity contribution >= 4 is 0 Å². The number of hydrogen-bond donors (Lipinski definition) is 0. The van der Waals surface area contributed by atoms with Gasteiger partial charge in [-0.05, 0) is 6.92 Å². The second-order valence-corrected chi connectivity index (χ2v) is 3.33. The summed E-state index contributed by atoms with van der Waals surface area (Å²) in [5.41, 5.74) is 0. The van der Waals surface area contributed by atoms with Crippen LogP contribution in [0.25, 0.3) is 0 Å². The first kappa shape index (κ1) is 9.29. The van der Waals surface area contributed by atoms with Crippen LogP contribution < -0.4 is 0 Å². The Balaban J connectivity index is 2.21. The first-order valence-electron chi connectivity index (χ1n) is 3.98. The van der Waals surface area contributed by atoms with Gasteiger partial charge >= 0.3 is 0 Å². The van der Waals surface area contributed by atoms with Gasteiger partial charge in [-0.2, -0.15) is 0 Å². The Kier molecular flexibility index (Phi) is 2.55. The van der Waals surface area contributed by atoms with Crippen molar-refractivity contribution in [2.24, 2.45) is 0 Å². The molecule has 12 heavy (non-hydrogen) atoms. The number of alkyl halides is 2. The zero-order chi connectivity index (χ0) is 9.19. The fourth-order valence-corrected chi connectivity index (χ4v) is 1.07. The third-order valence-electron chi connectivity index (χ3n) is 1.77.